The second kappa shape index (κ2) is 7.51. The molecular formula is C20H20N6O2S. The molecule has 148 valence electrons. The minimum Gasteiger partial charge on any atom is -0.508 e. The molecule has 0 saturated carbocycles. The van der Waals surface area contributed by atoms with Crippen LogP contribution >= 0.6 is 11.3 Å². The Hall–Kier alpha value is -2.88. The van der Waals surface area contributed by atoms with Crippen molar-refractivity contribution in [1.82, 2.24) is 25.3 Å². The lowest BCUT2D eigenvalue weighted by Crippen LogP contribution is -2.36. The number of nitrogens with one attached hydrogen (secondary N) is 1. The zero-order valence-electron chi connectivity index (χ0n) is 15.9. The van der Waals surface area contributed by atoms with E-state index in [4.69, 9.17) is 14.7 Å². The van der Waals surface area contributed by atoms with E-state index in [2.05, 4.69) is 20.2 Å². The Labute approximate surface area is 171 Å². The largest absolute Gasteiger partial charge is 0.508 e. The molecule has 0 spiro atoms. The van der Waals surface area contributed by atoms with Gasteiger partial charge >= 0.3 is 0 Å². The molecule has 5 rings (SSSR count). The summed E-state index contributed by atoms with van der Waals surface area (Å²) in [6.07, 6.45) is 3.38. The highest BCUT2D eigenvalue weighted by molar-refractivity contribution is 7.25. The summed E-state index contributed by atoms with van der Waals surface area (Å²) >= 11 is 1.56. The number of phenolic OH excluding ortho intramolecular Hbond substituents is 1. The first-order valence-corrected chi connectivity index (χ1v) is 10.3. The normalized spacial score (nSPS) is 14.7. The van der Waals surface area contributed by atoms with Crippen LogP contribution in [-0.2, 0) is 11.3 Å². The average Bonchev–Trinajstić information content (AvgIpc) is 3.14. The van der Waals surface area contributed by atoms with E-state index in [0.29, 0.717) is 25.6 Å². The highest BCUT2D eigenvalue weighted by Gasteiger charge is 2.22. The van der Waals surface area contributed by atoms with E-state index in [1.54, 1.807) is 29.8 Å². The number of rotatable bonds is 4. The summed E-state index contributed by atoms with van der Waals surface area (Å²) in [4.78, 5) is 21.7. The Morgan fingerprint density at radius 3 is 2.76 bits per heavy atom. The molecule has 1 fully saturated rings. The molecule has 2 N–H and O–H groups in total. The third kappa shape index (κ3) is 3.27. The van der Waals surface area contributed by atoms with Crippen LogP contribution in [0.1, 0.15) is 5.56 Å². The van der Waals surface area contributed by atoms with Crippen molar-refractivity contribution in [3.05, 3.63) is 36.2 Å². The number of ether oxygens (including phenoxy) is 1. The van der Waals surface area contributed by atoms with Crippen LogP contribution < -0.4 is 10.2 Å². The number of aromatic nitrogens is 4. The zero-order valence-corrected chi connectivity index (χ0v) is 16.7. The number of morpholine rings is 1. The van der Waals surface area contributed by atoms with Gasteiger partial charge in [-0.2, -0.15) is 0 Å². The molecule has 0 atom stereocenters. The van der Waals surface area contributed by atoms with E-state index in [9.17, 15) is 5.11 Å². The topological polar surface area (TPSA) is 96.3 Å². The van der Waals surface area contributed by atoms with Gasteiger partial charge in [0.2, 0.25) is 0 Å². The van der Waals surface area contributed by atoms with Crippen molar-refractivity contribution < 1.29 is 9.84 Å². The first-order chi connectivity index (χ1) is 14.2. The Morgan fingerprint density at radius 2 is 1.97 bits per heavy atom. The van der Waals surface area contributed by atoms with Gasteiger partial charge in [0.25, 0.3) is 0 Å². The van der Waals surface area contributed by atoms with E-state index in [0.717, 1.165) is 50.6 Å². The molecule has 0 radical (unpaired) electrons. The lowest BCUT2D eigenvalue weighted by Gasteiger charge is -2.28. The van der Waals surface area contributed by atoms with E-state index in [1.165, 1.54) is 0 Å². The molecule has 0 unspecified atom stereocenters. The molecule has 1 aromatic carbocycles. The number of nitrogens with zero attached hydrogens (tertiary/aromatic N) is 5. The number of fused-ring (bicyclic) bond motifs is 3. The van der Waals surface area contributed by atoms with Crippen molar-refractivity contribution in [2.45, 2.75) is 6.54 Å². The zero-order chi connectivity index (χ0) is 19.8. The SMILES string of the molecule is CNCc1ccc(-c2nc(N3CCOCC3)c3sc4nccnc4c3n2)cc1O. The number of aromatic hydroxyl groups is 1. The summed E-state index contributed by atoms with van der Waals surface area (Å²) in [6, 6.07) is 5.56. The van der Waals surface area contributed by atoms with Crippen molar-refractivity contribution in [2.75, 3.05) is 38.3 Å². The van der Waals surface area contributed by atoms with Crippen molar-refractivity contribution in [1.29, 1.82) is 0 Å². The maximum absolute atomic E-state index is 10.4. The molecule has 1 aliphatic rings. The summed E-state index contributed by atoms with van der Waals surface area (Å²) < 4.78 is 6.49. The first kappa shape index (κ1) is 18.2. The van der Waals surface area contributed by atoms with Crippen LogP contribution in [0.15, 0.2) is 30.6 Å². The fourth-order valence-corrected chi connectivity index (χ4v) is 4.57. The summed E-state index contributed by atoms with van der Waals surface area (Å²) in [6.45, 7) is 3.47. The standard InChI is InChI=1S/C20H20N6O2S/c1-21-11-13-3-2-12(10-14(13)27)18-24-15-16-20(23-5-4-22-16)29-17(15)19(25-18)26-6-8-28-9-7-26/h2-5,10,21,27H,6-9,11H2,1H3. The number of phenols is 1. The molecule has 9 heteroatoms. The molecule has 0 aliphatic carbocycles. The summed E-state index contributed by atoms with van der Waals surface area (Å²) in [5.41, 5.74) is 3.17. The van der Waals surface area contributed by atoms with Crippen molar-refractivity contribution in [2.24, 2.45) is 0 Å². The lowest BCUT2D eigenvalue weighted by molar-refractivity contribution is 0.122. The Kier molecular flexibility index (Phi) is 4.70. The second-order valence-electron chi connectivity index (χ2n) is 6.83. The molecule has 8 nitrogen and oxygen atoms in total. The van der Waals surface area contributed by atoms with E-state index >= 15 is 0 Å². The number of hydrogen-bond donors (Lipinski definition) is 2. The van der Waals surface area contributed by atoms with Gasteiger partial charge in [0.1, 0.15) is 21.6 Å². The third-order valence-electron chi connectivity index (χ3n) is 4.96. The monoisotopic (exact) mass is 408 g/mol. The van der Waals surface area contributed by atoms with Crippen LogP contribution in [0.25, 0.3) is 32.0 Å². The predicted octanol–water partition coefficient (Wildman–Crippen LogP) is 2.56. The number of hydrogen-bond acceptors (Lipinski definition) is 9. The summed E-state index contributed by atoms with van der Waals surface area (Å²) in [5, 5.41) is 13.5. The molecule has 0 bridgehead atoms. The minimum atomic E-state index is 0.225. The van der Waals surface area contributed by atoms with Gasteiger partial charge in [-0.3, -0.25) is 0 Å². The number of benzene rings is 1. The summed E-state index contributed by atoms with van der Waals surface area (Å²) in [5.74, 6) is 1.66. The fourth-order valence-electron chi connectivity index (χ4n) is 3.51. The van der Waals surface area contributed by atoms with Gasteiger partial charge < -0.3 is 20.1 Å². The quantitative estimate of drug-likeness (QED) is 0.532. The van der Waals surface area contributed by atoms with Gasteiger partial charge in [-0.1, -0.05) is 12.1 Å². The third-order valence-corrected chi connectivity index (χ3v) is 6.03. The van der Waals surface area contributed by atoms with Gasteiger partial charge in [0.15, 0.2) is 11.6 Å². The van der Waals surface area contributed by atoms with Crippen LogP contribution in [0.3, 0.4) is 0 Å². The lowest BCUT2D eigenvalue weighted by atomic mass is 10.1. The first-order valence-electron chi connectivity index (χ1n) is 9.45. The van der Waals surface area contributed by atoms with Crippen molar-refractivity contribution >= 4 is 37.7 Å². The van der Waals surface area contributed by atoms with Gasteiger partial charge in [0, 0.05) is 43.2 Å². The molecule has 0 amide bonds. The number of thiophene rings is 1. The highest BCUT2D eigenvalue weighted by Crippen LogP contribution is 2.38. The van der Waals surface area contributed by atoms with Gasteiger partial charge in [-0.25, -0.2) is 19.9 Å². The van der Waals surface area contributed by atoms with E-state index in [1.807, 2.05) is 19.2 Å². The summed E-state index contributed by atoms with van der Waals surface area (Å²) in [7, 11) is 1.85. The predicted molar refractivity (Wildman–Crippen MR) is 113 cm³/mol. The van der Waals surface area contributed by atoms with Crippen LogP contribution in [0.2, 0.25) is 0 Å². The Bertz CT molecular complexity index is 1190. The Balaban J connectivity index is 1.71. The van der Waals surface area contributed by atoms with Gasteiger partial charge in [-0.05, 0) is 13.1 Å². The van der Waals surface area contributed by atoms with Crippen molar-refractivity contribution in [3.63, 3.8) is 0 Å². The fraction of sp³-hybridized carbons (Fsp3) is 0.300. The molecule has 1 aliphatic heterocycles. The van der Waals surface area contributed by atoms with Gasteiger partial charge in [0.05, 0.1) is 17.9 Å². The molecule has 1 saturated heterocycles. The average molecular weight is 408 g/mol. The van der Waals surface area contributed by atoms with Crippen LogP contribution in [0, 0.1) is 0 Å². The maximum Gasteiger partial charge on any atom is 0.162 e. The highest BCUT2D eigenvalue weighted by atomic mass is 32.1. The molecule has 4 heterocycles. The van der Waals surface area contributed by atoms with Crippen LogP contribution in [0.5, 0.6) is 5.75 Å². The molecule has 3 aromatic heterocycles. The molecule has 29 heavy (non-hydrogen) atoms. The molecule has 4 aromatic rings. The van der Waals surface area contributed by atoms with Gasteiger partial charge in [-0.15, -0.1) is 11.3 Å². The minimum absolute atomic E-state index is 0.225. The second-order valence-corrected chi connectivity index (χ2v) is 7.83. The van der Waals surface area contributed by atoms with E-state index in [-0.39, 0.29) is 5.75 Å². The Morgan fingerprint density at radius 1 is 1.14 bits per heavy atom. The van der Waals surface area contributed by atoms with Crippen LogP contribution in [-0.4, -0.2) is 58.4 Å². The maximum atomic E-state index is 10.4. The van der Waals surface area contributed by atoms with Crippen LogP contribution in [0.4, 0.5) is 5.82 Å². The molecular weight excluding hydrogens is 388 g/mol. The van der Waals surface area contributed by atoms with E-state index < -0.39 is 0 Å². The van der Waals surface area contributed by atoms with Crippen molar-refractivity contribution in [3.8, 4) is 17.1 Å². The smallest absolute Gasteiger partial charge is 0.162 e. The number of anilines is 1.